The van der Waals surface area contributed by atoms with Crippen molar-refractivity contribution in [3.8, 4) is 17.4 Å². The Bertz CT molecular complexity index is 821. The molecule has 2 aromatic carbocycles. The summed E-state index contributed by atoms with van der Waals surface area (Å²) >= 11 is 5.85. The lowest BCUT2D eigenvalue weighted by molar-refractivity contribution is 0.337. The molecular weight excluding hydrogens is 312 g/mol. The number of aromatic hydroxyl groups is 1. The Morgan fingerprint density at radius 1 is 1.13 bits per heavy atom. The number of rotatable bonds is 4. The smallest absolute Gasteiger partial charge is 0.312 e. The predicted octanol–water partition coefficient (Wildman–Crippen LogP) is 4.63. The van der Waals surface area contributed by atoms with E-state index in [2.05, 4.69) is 9.98 Å². The van der Waals surface area contributed by atoms with Crippen molar-refractivity contribution < 1.29 is 9.52 Å². The van der Waals surface area contributed by atoms with E-state index >= 15 is 0 Å². The zero-order valence-corrected chi connectivity index (χ0v) is 13.3. The maximum atomic E-state index is 9.83. The van der Waals surface area contributed by atoms with Gasteiger partial charge in [0.2, 0.25) is 5.89 Å². The van der Waals surface area contributed by atoms with Gasteiger partial charge in [0.15, 0.2) is 5.69 Å². The average molecular weight is 327 g/mol. The molecule has 0 unspecified atom stereocenters. The summed E-state index contributed by atoms with van der Waals surface area (Å²) in [4.78, 5) is 8.54. The zero-order valence-electron chi connectivity index (χ0n) is 12.5. The molecule has 3 aromatic rings. The van der Waals surface area contributed by atoms with Gasteiger partial charge in [-0.2, -0.15) is 0 Å². The Morgan fingerprint density at radius 2 is 1.83 bits per heavy atom. The molecule has 0 spiro atoms. The third-order valence-corrected chi connectivity index (χ3v) is 3.59. The summed E-state index contributed by atoms with van der Waals surface area (Å²) in [5.74, 6) is 0.0820. The van der Waals surface area contributed by atoms with Gasteiger partial charge in [0.05, 0.1) is 12.8 Å². The summed E-state index contributed by atoms with van der Waals surface area (Å²) in [6, 6.07) is 15.2. The van der Waals surface area contributed by atoms with Crippen LogP contribution in [-0.2, 0) is 6.54 Å². The molecule has 0 aliphatic carbocycles. The number of benzene rings is 2. The number of aliphatic imine (C=N–C) groups is 1. The van der Waals surface area contributed by atoms with E-state index in [1.807, 2.05) is 31.2 Å². The van der Waals surface area contributed by atoms with Gasteiger partial charge in [0.1, 0.15) is 0 Å². The number of hydrogen-bond donors (Lipinski definition) is 1. The highest BCUT2D eigenvalue weighted by Gasteiger charge is 2.12. The molecule has 0 amide bonds. The van der Waals surface area contributed by atoms with E-state index in [4.69, 9.17) is 16.0 Å². The van der Waals surface area contributed by atoms with Gasteiger partial charge in [-0.15, -0.1) is 0 Å². The van der Waals surface area contributed by atoms with Gasteiger partial charge in [-0.1, -0.05) is 41.4 Å². The topological polar surface area (TPSA) is 58.6 Å². The summed E-state index contributed by atoms with van der Waals surface area (Å²) in [6.45, 7) is 2.56. The number of aromatic nitrogens is 1. The Labute approximate surface area is 139 Å². The molecule has 1 N–H and O–H groups in total. The number of hydrogen-bond acceptors (Lipinski definition) is 4. The second-order valence-corrected chi connectivity index (χ2v) is 5.61. The minimum Gasteiger partial charge on any atom is -0.479 e. The molecule has 0 aliphatic rings. The quantitative estimate of drug-likeness (QED) is 0.711. The van der Waals surface area contributed by atoms with Crippen LogP contribution in [0.4, 0.5) is 0 Å². The van der Waals surface area contributed by atoms with Gasteiger partial charge in [0.25, 0.3) is 0 Å². The molecule has 0 fully saturated rings. The number of aryl methyl sites for hydroxylation is 1. The first-order valence-corrected chi connectivity index (χ1v) is 7.51. The fourth-order valence-electron chi connectivity index (χ4n) is 2.05. The second-order valence-electron chi connectivity index (χ2n) is 5.17. The maximum absolute atomic E-state index is 9.83. The fraction of sp³-hybridized carbons (Fsp3) is 0.111. The predicted molar refractivity (Wildman–Crippen MR) is 91.1 cm³/mol. The van der Waals surface area contributed by atoms with E-state index in [0.29, 0.717) is 23.2 Å². The van der Waals surface area contributed by atoms with Crippen molar-refractivity contribution in [2.75, 3.05) is 0 Å². The van der Waals surface area contributed by atoms with Crippen LogP contribution in [0.1, 0.15) is 16.8 Å². The number of nitrogens with zero attached hydrogens (tertiary/aromatic N) is 2. The summed E-state index contributed by atoms with van der Waals surface area (Å²) < 4.78 is 5.27. The number of oxazole rings is 1. The second kappa shape index (κ2) is 6.67. The van der Waals surface area contributed by atoms with E-state index in [9.17, 15) is 5.11 Å². The lowest BCUT2D eigenvalue weighted by Gasteiger charge is -1.96. The fourth-order valence-corrected chi connectivity index (χ4v) is 2.18. The molecular formula is C18H15ClN2O2. The molecule has 0 saturated carbocycles. The van der Waals surface area contributed by atoms with Gasteiger partial charge in [-0.25, -0.2) is 4.98 Å². The van der Waals surface area contributed by atoms with Crippen LogP contribution in [0.2, 0.25) is 5.02 Å². The van der Waals surface area contributed by atoms with Crippen molar-refractivity contribution >= 4 is 17.8 Å². The summed E-state index contributed by atoms with van der Waals surface area (Å²) in [5.41, 5.74) is 3.34. The standard InChI is InChI=1S/C18H15ClN2O2/c1-12-2-4-13(5-3-12)10-20-11-16-18(22)23-17(21-16)14-6-8-15(19)9-7-14/h2-9,11,22H,10H2,1H3. The van der Waals surface area contributed by atoms with Gasteiger partial charge in [-0.3, -0.25) is 4.99 Å². The van der Waals surface area contributed by atoms with E-state index < -0.39 is 0 Å². The summed E-state index contributed by atoms with van der Waals surface area (Å²) in [5, 5.41) is 10.5. The van der Waals surface area contributed by atoms with Crippen LogP contribution in [-0.4, -0.2) is 16.3 Å². The molecule has 0 saturated heterocycles. The lowest BCUT2D eigenvalue weighted by atomic mass is 10.1. The van der Waals surface area contributed by atoms with Gasteiger partial charge in [0, 0.05) is 10.6 Å². The maximum Gasteiger partial charge on any atom is 0.312 e. The largest absolute Gasteiger partial charge is 0.479 e. The monoisotopic (exact) mass is 326 g/mol. The first-order valence-electron chi connectivity index (χ1n) is 7.13. The molecule has 116 valence electrons. The summed E-state index contributed by atoms with van der Waals surface area (Å²) in [6.07, 6.45) is 1.51. The highest BCUT2D eigenvalue weighted by Crippen LogP contribution is 2.26. The molecule has 1 aromatic heterocycles. The van der Waals surface area contributed by atoms with Crippen LogP contribution < -0.4 is 0 Å². The van der Waals surface area contributed by atoms with Crippen LogP contribution in [0.25, 0.3) is 11.5 Å². The Morgan fingerprint density at radius 3 is 2.52 bits per heavy atom. The zero-order chi connectivity index (χ0) is 16.2. The molecule has 0 radical (unpaired) electrons. The molecule has 23 heavy (non-hydrogen) atoms. The SMILES string of the molecule is Cc1ccc(CN=Cc2nc(-c3ccc(Cl)cc3)oc2O)cc1. The minimum atomic E-state index is -0.248. The number of halogens is 1. The Kier molecular flexibility index (Phi) is 4.44. The first-order chi connectivity index (χ1) is 11.1. The van der Waals surface area contributed by atoms with Crippen LogP contribution in [0.3, 0.4) is 0 Å². The first kappa shape index (κ1) is 15.3. The van der Waals surface area contributed by atoms with Crippen LogP contribution in [0.5, 0.6) is 5.95 Å². The van der Waals surface area contributed by atoms with Gasteiger partial charge < -0.3 is 9.52 Å². The van der Waals surface area contributed by atoms with Crippen LogP contribution in [0.15, 0.2) is 57.9 Å². The van der Waals surface area contributed by atoms with Gasteiger partial charge in [-0.05, 0) is 36.8 Å². The van der Waals surface area contributed by atoms with E-state index in [-0.39, 0.29) is 5.95 Å². The van der Waals surface area contributed by atoms with Crippen molar-refractivity contribution in [3.05, 3.63) is 70.4 Å². The van der Waals surface area contributed by atoms with Crippen molar-refractivity contribution in [2.45, 2.75) is 13.5 Å². The third-order valence-electron chi connectivity index (χ3n) is 3.33. The van der Waals surface area contributed by atoms with Crippen LogP contribution in [0, 0.1) is 6.92 Å². The van der Waals surface area contributed by atoms with E-state index in [1.165, 1.54) is 11.8 Å². The Balaban J connectivity index is 1.74. The molecule has 4 nitrogen and oxygen atoms in total. The lowest BCUT2D eigenvalue weighted by Crippen LogP contribution is -1.86. The average Bonchev–Trinajstić information content (AvgIpc) is 2.91. The summed E-state index contributed by atoms with van der Waals surface area (Å²) in [7, 11) is 0. The molecule has 0 bridgehead atoms. The highest BCUT2D eigenvalue weighted by atomic mass is 35.5. The van der Waals surface area contributed by atoms with Crippen LogP contribution >= 0.6 is 11.6 Å². The van der Waals surface area contributed by atoms with E-state index in [1.54, 1.807) is 24.3 Å². The van der Waals surface area contributed by atoms with Crippen molar-refractivity contribution in [2.24, 2.45) is 4.99 Å². The molecule has 1 heterocycles. The molecule has 0 aliphatic heterocycles. The van der Waals surface area contributed by atoms with Crippen molar-refractivity contribution in [3.63, 3.8) is 0 Å². The molecule has 5 heteroatoms. The third kappa shape index (κ3) is 3.79. The normalized spacial score (nSPS) is 11.2. The van der Waals surface area contributed by atoms with Gasteiger partial charge >= 0.3 is 5.95 Å². The molecule has 3 rings (SSSR count). The highest BCUT2D eigenvalue weighted by molar-refractivity contribution is 6.30. The van der Waals surface area contributed by atoms with Crippen molar-refractivity contribution in [1.29, 1.82) is 0 Å². The Hall–Kier alpha value is -2.59. The van der Waals surface area contributed by atoms with E-state index in [0.717, 1.165) is 11.1 Å². The minimum absolute atomic E-state index is 0.248. The molecule has 0 atom stereocenters. The van der Waals surface area contributed by atoms with Crippen molar-refractivity contribution in [1.82, 2.24) is 4.98 Å².